The first-order valence-corrected chi connectivity index (χ1v) is 12.4. The summed E-state index contributed by atoms with van der Waals surface area (Å²) in [7, 11) is 0. The molecule has 4 nitrogen and oxygen atoms in total. The third-order valence-electron chi connectivity index (χ3n) is 5.90. The molecule has 0 saturated heterocycles. The number of thiazole rings is 2. The summed E-state index contributed by atoms with van der Waals surface area (Å²) in [5, 5.41) is 14.4. The molecular formula is C23H28F3N3OS2. The predicted octanol–water partition coefficient (Wildman–Crippen LogP) is 6.53. The molecule has 3 rings (SSSR count). The highest BCUT2D eigenvalue weighted by molar-refractivity contribution is 7.15. The van der Waals surface area contributed by atoms with Gasteiger partial charge in [0, 0.05) is 23.7 Å². The molecule has 0 fully saturated rings. The Morgan fingerprint density at radius 1 is 1.09 bits per heavy atom. The Hall–Kier alpha value is -1.84. The lowest BCUT2D eigenvalue weighted by Gasteiger charge is -2.36. The van der Waals surface area contributed by atoms with Crippen molar-refractivity contribution in [3.05, 3.63) is 50.7 Å². The van der Waals surface area contributed by atoms with Crippen LogP contribution in [0.3, 0.4) is 0 Å². The zero-order chi connectivity index (χ0) is 23.5. The Morgan fingerprint density at radius 2 is 1.81 bits per heavy atom. The smallest absolute Gasteiger partial charge is 0.389 e. The van der Waals surface area contributed by atoms with E-state index in [1.165, 1.54) is 0 Å². The zero-order valence-electron chi connectivity index (χ0n) is 18.7. The Kier molecular flexibility index (Phi) is 7.73. The molecule has 0 amide bonds. The molecule has 0 spiro atoms. The quantitative estimate of drug-likeness (QED) is 0.376. The lowest BCUT2D eigenvalue weighted by molar-refractivity contribution is -0.230. The number of aromatic nitrogens is 3. The minimum atomic E-state index is -4.44. The van der Waals surface area contributed by atoms with Crippen molar-refractivity contribution in [3.8, 4) is 10.6 Å². The minimum absolute atomic E-state index is 0.0707. The van der Waals surface area contributed by atoms with Gasteiger partial charge in [-0.15, -0.1) is 22.7 Å². The van der Waals surface area contributed by atoms with E-state index in [0.717, 1.165) is 37.5 Å². The van der Waals surface area contributed by atoms with Crippen LogP contribution >= 0.6 is 22.7 Å². The van der Waals surface area contributed by atoms with Crippen LogP contribution in [0.15, 0.2) is 23.7 Å². The number of hydrogen-bond donors (Lipinski definition) is 1. The van der Waals surface area contributed by atoms with Gasteiger partial charge in [0.25, 0.3) is 0 Å². The van der Waals surface area contributed by atoms with Crippen molar-refractivity contribution in [2.24, 2.45) is 5.92 Å². The van der Waals surface area contributed by atoms with Gasteiger partial charge in [0.15, 0.2) is 0 Å². The fraction of sp³-hybridized carbons (Fsp3) is 0.522. The number of hydrogen-bond acceptors (Lipinski definition) is 6. The van der Waals surface area contributed by atoms with E-state index in [4.69, 9.17) is 4.98 Å². The number of alkyl halides is 3. The molecule has 0 radical (unpaired) electrons. The summed E-state index contributed by atoms with van der Waals surface area (Å²) in [6, 6.07) is 3.66. The number of aryl methyl sites for hydroxylation is 3. The van der Waals surface area contributed by atoms with E-state index in [2.05, 4.69) is 9.97 Å². The standard InChI is InChI=1S/C23H28F3N3OS2/c1-5-22(30,6-2)19(23(24,25)26)10-8-16-7-9-17(27-12-16)11-20-29-18(13-31-20)21-14(3)28-15(4)32-21/h7,9,12-13,19,30H,5-6,8,10-11H2,1-4H3. The molecule has 3 aromatic rings. The second-order valence-corrected chi connectivity index (χ2v) is 10.2. The maximum Gasteiger partial charge on any atom is 0.394 e. The third kappa shape index (κ3) is 5.74. The Balaban J connectivity index is 1.65. The van der Waals surface area contributed by atoms with E-state index in [9.17, 15) is 18.3 Å². The van der Waals surface area contributed by atoms with Crippen molar-refractivity contribution in [2.75, 3.05) is 0 Å². The van der Waals surface area contributed by atoms with Gasteiger partial charge >= 0.3 is 6.18 Å². The fourth-order valence-corrected chi connectivity index (χ4v) is 5.67. The van der Waals surface area contributed by atoms with Gasteiger partial charge in [-0.25, -0.2) is 9.97 Å². The van der Waals surface area contributed by atoms with E-state index >= 15 is 0 Å². The van der Waals surface area contributed by atoms with E-state index in [-0.39, 0.29) is 25.7 Å². The summed E-state index contributed by atoms with van der Waals surface area (Å²) < 4.78 is 40.7. The molecule has 174 valence electrons. The zero-order valence-corrected chi connectivity index (χ0v) is 20.3. The second-order valence-electron chi connectivity index (χ2n) is 8.05. The molecule has 0 aliphatic heterocycles. The van der Waals surface area contributed by atoms with Crippen LogP contribution in [-0.4, -0.2) is 31.8 Å². The highest BCUT2D eigenvalue weighted by Crippen LogP contribution is 2.41. The monoisotopic (exact) mass is 483 g/mol. The number of pyridine rings is 1. The first-order valence-electron chi connectivity index (χ1n) is 10.7. The van der Waals surface area contributed by atoms with Gasteiger partial charge in [0.1, 0.15) is 0 Å². The van der Waals surface area contributed by atoms with Crippen LogP contribution < -0.4 is 0 Å². The van der Waals surface area contributed by atoms with Crippen LogP contribution in [0.4, 0.5) is 13.2 Å². The molecule has 9 heteroatoms. The first-order chi connectivity index (χ1) is 15.1. The fourth-order valence-electron chi connectivity index (χ4n) is 3.92. The SMILES string of the molecule is CCC(O)(CC)C(CCc1ccc(Cc2nc(-c3sc(C)nc3C)cs2)nc1)C(F)(F)F. The van der Waals surface area contributed by atoms with Crippen molar-refractivity contribution in [1.29, 1.82) is 0 Å². The number of aliphatic hydroxyl groups is 1. The van der Waals surface area contributed by atoms with E-state index < -0.39 is 17.7 Å². The van der Waals surface area contributed by atoms with Crippen LogP contribution in [0.25, 0.3) is 10.6 Å². The average Bonchev–Trinajstić information content (AvgIpc) is 3.33. The van der Waals surface area contributed by atoms with Crippen LogP contribution in [0, 0.1) is 19.8 Å². The topological polar surface area (TPSA) is 58.9 Å². The highest BCUT2D eigenvalue weighted by atomic mass is 32.1. The molecule has 0 saturated carbocycles. The van der Waals surface area contributed by atoms with Gasteiger partial charge in [-0.3, -0.25) is 4.98 Å². The lowest BCUT2D eigenvalue weighted by atomic mass is 9.79. The molecule has 0 aliphatic rings. The van der Waals surface area contributed by atoms with E-state index in [1.807, 2.05) is 31.4 Å². The van der Waals surface area contributed by atoms with Crippen molar-refractivity contribution in [1.82, 2.24) is 15.0 Å². The number of nitrogens with zero attached hydrogens (tertiary/aromatic N) is 3. The normalized spacial score (nSPS) is 13.5. The summed E-state index contributed by atoms with van der Waals surface area (Å²) in [6.07, 6.45) is -2.05. The predicted molar refractivity (Wildman–Crippen MR) is 123 cm³/mol. The summed E-state index contributed by atoms with van der Waals surface area (Å²) >= 11 is 3.18. The Bertz CT molecular complexity index is 1020. The largest absolute Gasteiger partial charge is 0.394 e. The maximum absolute atomic E-state index is 13.6. The second kappa shape index (κ2) is 9.97. The summed E-state index contributed by atoms with van der Waals surface area (Å²) in [5.74, 6) is -1.75. The van der Waals surface area contributed by atoms with Crippen molar-refractivity contribution < 1.29 is 18.3 Å². The lowest BCUT2D eigenvalue weighted by Crippen LogP contribution is -2.45. The molecule has 0 bridgehead atoms. The highest BCUT2D eigenvalue weighted by Gasteiger charge is 2.50. The minimum Gasteiger partial charge on any atom is -0.389 e. The van der Waals surface area contributed by atoms with E-state index in [0.29, 0.717) is 6.42 Å². The number of halogens is 3. The van der Waals surface area contributed by atoms with Crippen LogP contribution in [0.5, 0.6) is 0 Å². The Labute approximate surface area is 194 Å². The molecular weight excluding hydrogens is 455 g/mol. The van der Waals surface area contributed by atoms with Gasteiger partial charge in [0.05, 0.1) is 37.8 Å². The van der Waals surface area contributed by atoms with Crippen molar-refractivity contribution in [2.45, 2.75) is 71.6 Å². The van der Waals surface area contributed by atoms with Crippen LogP contribution in [-0.2, 0) is 12.8 Å². The molecule has 3 heterocycles. The molecule has 1 atom stereocenters. The van der Waals surface area contributed by atoms with Gasteiger partial charge < -0.3 is 5.11 Å². The van der Waals surface area contributed by atoms with E-state index in [1.54, 1.807) is 42.7 Å². The molecule has 0 aromatic carbocycles. The van der Waals surface area contributed by atoms with Gasteiger partial charge in [-0.2, -0.15) is 13.2 Å². The first kappa shape index (κ1) is 24.8. The third-order valence-corrected chi connectivity index (χ3v) is 7.84. The molecule has 1 N–H and O–H groups in total. The Morgan fingerprint density at radius 3 is 2.34 bits per heavy atom. The molecule has 1 unspecified atom stereocenters. The average molecular weight is 484 g/mol. The van der Waals surface area contributed by atoms with Gasteiger partial charge in [0.2, 0.25) is 0 Å². The van der Waals surface area contributed by atoms with Crippen molar-refractivity contribution in [3.63, 3.8) is 0 Å². The van der Waals surface area contributed by atoms with Crippen molar-refractivity contribution >= 4 is 22.7 Å². The summed E-state index contributed by atoms with van der Waals surface area (Å²) in [5.41, 5.74) is 1.71. The molecule has 0 aliphatic carbocycles. The molecule has 32 heavy (non-hydrogen) atoms. The van der Waals surface area contributed by atoms with Gasteiger partial charge in [-0.1, -0.05) is 19.9 Å². The van der Waals surface area contributed by atoms with Gasteiger partial charge in [-0.05, 0) is 51.2 Å². The summed E-state index contributed by atoms with van der Waals surface area (Å²) in [6.45, 7) is 7.14. The maximum atomic E-state index is 13.6. The van der Waals surface area contributed by atoms with Crippen LogP contribution in [0.1, 0.15) is 60.1 Å². The number of rotatable bonds is 9. The summed E-state index contributed by atoms with van der Waals surface area (Å²) in [4.78, 5) is 14.7. The van der Waals surface area contributed by atoms with Crippen LogP contribution in [0.2, 0.25) is 0 Å². The molecule has 3 aromatic heterocycles.